The molecule has 0 fully saturated rings. The summed E-state index contributed by atoms with van der Waals surface area (Å²) in [4.78, 5) is 73.1. The number of carbonyl (C=O) groups is 4. The van der Waals surface area contributed by atoms with Crippen LogP contribution in [0.2, 0.25) is 0 Å². The highest BCUT2D eigenvalue weighted by atomic mass is 31.2. The van der Waals surface area contributed by atoms with Gasteiger partial charge in [0.15, 0.2) is 12.2 Å². The van der Waals surface area contributed by atoms with Crippen molar-refractivity contribution in [2.75, 3.05) is 39.6 Å². The Bertz CT molecular complexity index is 2350. The summed E-state index contributed by atoms with van der Waals surface area (Å²) in [5.41, 5.74) is 0. The topological polar surface area (TPSA) is 237 Å². The molecule has 0 aromatic heterocycles. The van der Waals surface area contributed by atoms with E-state index in [2.05, 4.69) is 125 Å². The lowest BCUT2D eigenvalue weighted by molar-refractivity contribution is -0.161. The molecule has 0 heterocycles. The molecule has 5 unspecified atom stereocenters. The molecule has 0 aliphatic heterocycles. The first-order chi connectivity index (χ1) is 50.7. The second kappa shape index (κ2) is 77.1. The van der Waals surface area contributed by atoms with Gasteiger partial charge in [-0.1, -0.05) is 285 Å². The van der Waals surface area contributed by atoms with Crippen molar-refractivity contribution in [3.8, 4) is 0 Å². The number of carbonyl (C=O) groups excluding carboxylic acids is 4. The van der Waals surface area contributed by atoms with Crippen LogP contribution in [0, 0.1) is 0 Å². The van der Waals surface area contributed by atoms with E-state index in [0.717, 1.165) is 199 Å². The quantitative estimate of drug-likeness (QED) is 0.0169. The van der Waals surface area contributed by atoms with Crippen molar-refractivity contribution in [2.45, 2.75) is 380 Å². The molecule has 3 N–H and O–H groups in total. The fourth-order valence-electron chi connectivity index (χ4n) is 11.2. The first-order valence-corrected chi connectivity index (χ1v) is 44.5. The minimum absolute atomic E-state index is 0.0805. The summed E-state index contributed by atoms with van der Waals surface area (Å²) in [5, 5.41) is 10.7. The summed E-state index contributed by atoms with van der Waals surface area (Å²) in [6, 6.07) is 0. The number of rotatable bonds is 78. The predicted octanol–water partition coefficient (Wildman–Crippen LogP) is 24.3. The molecule has 5 atom stereocenters. The third-order valence-corrected chi connectivity index (χ3v) is 19.4. The lowest BCUT2D eigenvalue weighted by Gasteiger charge is -2.21. The highest BCUT2D eigenvalue weighted by molar-refractivity contribution is 7.47. The van der Waals surface area contributed by atoms with Crippen molar-refractivity contribution < 1.29 is 80.2 Å². The van der Waals surface area contributed by atoms with Gasteiger partial charge in [0.2, 0.25) is 0 Å². The van der Waals surface area contributed by atoms with Gasteiger partial charge in [0.1, 0.15) is 19.3 Å². The summed E-state index contributed by atoms with van der Waals surface area (Å²) in [7, 11) is -9.96. The maximum atomic E-state index is 13.1. The standard InChI is InChI=1S/C85H150O17P2/c1-5-9-13-17-21-25-29-33-36-38-39-41-43-47-50-54-58-62-66-70-83(88)96-76-81(102-85(90)72-68-64-60-56-52-48-44-40-37-34-30-26-22-18-14-10-6-2)78-100-104(93,94)98-74-79(86)73-97-103(91,92)99-77-80(101-84(89)71-67-63-59-55-51-45-32-28-24-20-16-12-8-4)75-95-82(87)69-65-61-57-53-49-46-42-35-31-27-23-19-15-11-7-3/h10,14,21-22,25-26,28,32-37,39,41-42,79-81,86H,5-9,11-13,15-20,23-24,27,29-31,38,40,43-78H2,1-4H3,(H,91,92)(H,93,94)/b14-10-,25-21-,26-22-,32-28-,36-33-,37-34-,41-39-,42-35-. The Labute approximate surface area is 633 Å². The van der Waals surface area contributed by atoms with Crippen molar-refractivity contribution >= 4 is 39.5 Å². The smallest absolute Gasteiger partial charge is 0.462 e. The third-order valence-electron chi connectivity index (χ3n) is 17.5. The minimum Gasteiger partial charge on any atom is -0.462 e. The number of hydrogen-bond acceptors (Lipinski definition) is 15. The van der Waals surface area contributed by atoms with Crippen LogP contribution in [0.5, 0.6) is 0 Å². The Morgan fingerprint density at radius 1 is 0.279 bits per heavy atom. The summed E-state index contributed by atoms with van der Waals surface area (Å²) >= 11 is 0. The molecule has 0 rings (SSSR count). The second-order valence-electron chi connectivity index (χ2n) is 27.7. The van der Waals surface area contributed by atoms with E-state index in [9.17, 15) is 43.2 Å². The summed E-state index contributed by atoms with van der Waals surface area (Å²) in [5.74, 6) is -2.20. The van der Waals surface area contributed by atoms with E-state index >= 15 is 0 Å². The predicted molar refractivity (Wildman–Crippen MR) is 427 cm³/mol. The molecule has 0 aliphatic rings. The number of esters is 4. The summed E-state index contributed by atoms with van der Waals surface area (Å²) in [6.07, 6.45) is 82.3. The fraction of sp³-hybridized carbons (Fsp3) is 0.765. The van der Waals surface area contributed by atoms with Crippen LogP contribution in [-0.2, 0) is 65.4 Å². The molecular weight excluding hydrogens is 1350 g/mol. The van der Waals surface area contributed by atoms with Crippen molar-refractivity contribution in [3.63, 3.8) is 0 Å². The monoisotopic (exact) mass is 1510 g/mol. The van der Waals surface area contributed by atoms with Gasteiger partial charge in [0.25, 0.3) is 0 Å². The molecule has 0 spiro atoms. The maximum Gasteiger partial charge on any atom is 0.472 e. The fourth-order valence-corrected chi connectivity index (χ4v) is 12.8. The number of unbranched alkanes of at least 4 members (excludes halogenated alkanes) is 36. The van der Waals surface area contributed by atoms with E-state index in [-0.39, 0.29) is 25.7 Å². The Morgan fingerprint density at radius 3 is 0.808 bits per heavy atom. The minimum atomic E-state index is -4.98. The van der Waals surface area contributed by atoms with Gasteiger partial charge in [-0.05, 0) is 148 Å². The molecule has 19 heteroatoms. The van der Waals surface area contributed by atoms with Crippen LogP contribution < -0.4 is 0 Å². The maximum absolute atomic E-state index is 13.1. The third kappa shape index (κ3) is 76.2. The lowest BCUT2D eigenvalue weighted by Crippen LogP contribution is -2.30. The first kappa shape index (κ1) is 100.0. The van der Waals surface area contributed by atoms with Gasteiger partial charge in [-0.2, -0.15) is 0 Å². The van der Waals surface area contributed by atoms with Crippen LogP contribution >= 0.6 is 15.6 Å². The van der Waals surface area contributed by atoms with E-state index in [1.807, 2.05) is 0 Å². The zero-order valence-electron chi connectivity index (χ0n) is 65.9. The first-order valence-electron chi connectivity index (χ1n) is 41.5. The van der Waals surface area contributed by atoms with E-state index in [4.69, 9.17) is 37.0 Å². The van der Waals surface area contributed by atoms with Crippen molar-refractivity contribution in [1.29, 1.82) is 0 Å². The van der Waals surface area contributed by atoms with Crippen LogP contribution in [-0.4, -0.2) is 96.7 Å². The molecule has 602 valence electrons. The number of aliphatic hydroxyl groups is 1. The number of allylic oxidation sites excluding steroid dienone is 16. The molecule has 0 amide bonds. The van der Waals surface area contributed by atoms with Gasteiger partial charge in [0.05, 0.1) is 26.4 Å². The Morgan fingerprint density at radius 2 is 0.500 bits per heavy atom. The van der Waals surface area contributed by atoms with E-state index in [1.54, 1.807) is 0 Å². The Hall–Kier alpha value is -4.02. The normalized spacial score (nSPS) is 14.3. The van der Waals surface area contributed by atoms with Crippen molar-refractivity contribution in [1.82, 2.24) is 0 Å². The number of ether oxygens (including phenoxy) is 4. The molecule has 104 heavy (non-hydrogen) atoms. The second-order valence-corrected chi connectivity index (χ2v) is 30.6. The van der Waals surface area contributed by atoms with Gasteiger partial charge in [0, 0.05) is 25.7 Å². The van der Waals surface area contributed by atoms with E-state index in [1.165, 1.54) is 83.5 Å². The van der Waals surface area contributed by atoms with Crippen LogP contribution in [0.4, 0.5) is 0 Å². The Kier molecular flexibility index (Phi) is 74.2. The molecule has 0 saturated carbocycles. The van der Waals surface area contributed by atoms with Gasteiger partial charge >= 0.3 is 39.5 Å². The van der Waals surface area contributed by atoms with E-state index in [0.29, 0.717) is 25.7 Å². The van der Waals surface area contributed by atoms with Crippen molar-refractivity contribution in [2.24, 2.45) is 0 Å². The molecule has 0 bridgehead atoms. The molecule has 17 nitrogen and oxygen atoms in total. The summed E-state index contributed by atoms with van der Waals surface area (Å²) in [6.45, 7) is 4.73. The molecule has 0 aromatic rings. The average molecular weight is 1510 g/mol. The number of aliphatic hydroxyl groups excluding tert-OH is 1. The SMILES string of the molecule is CC/C=C\C/C=C\C/C=C\CCCCCCCCCC(=O)OC(COC(=O)CCCCCCCC/C=C\C/C=C\C/C=C\CCCCC)COP(=O)(O)OCC(O)COP(=O)(O)OCC(COC(=O)CCCCCCC/C=C\CCCCCCCC)OC(=O)CCCCCCC/C=C\CCCCCC. The average Bonchev–Trinajstić information content (AvgIpc) is 0.917. The molecule has 0 aliphatic carbocycles. The van der Waals surface area contributed by atoms with Gasteiger partial charge in [-0.15, -0.1) is 0 Å². The van der Waals surface area contributed by atoms with Gasteiger partial charge < -0.3 is 33.8 Å². The molecule has 0 aromatic carbocycles. The summed E-state index contributed by atoms with van der Waals surface area (Å²) < 4.78 is 68.7. The van der Waals surface area contributed by atoms with Crippen molar-refractivity contribution in [3.05, 3.63) is 97.2 Å². The van der Waals surface area contributed by atoms with Gasteiger partial charge in [-0.3, -0.25) is 37.3 Å². The number of phosphoric acid groups is 2. The Balaban J connectivity index is 5.37. The van der Waals surface area contributed by atoms with Gasteiger partial charge in [-0.25, -0.2) is 9.13 Å². The molecule has 0 radical (unpaired) electrons. The zero-order chi connectivity index (χ0) is 76.0. The van der Waals surface area contributed by atoms with Crippen LogP contribution in [0.15, 0.2) is 97.2 Å². The van der Waals surface area contributed by atoms with Crippen LogP contribution in [0.3, 0.4) is 0 Å². The highest BCUT2D eigenvalue weighted by Crippen LogP contribution is 2.45. The zero-order valence-corrected chi connectivity index (χ0v) is 67.7. The molecule has 0 saturated heterocycles. The largest absolute Gasteiger partial charge is 0.472 e. The van der Waals surface area contributed by atoms with Crippen LogP contribution in [0.1, 0.15) is 362 Å². The van der Waals surface area contributed by atoms with Crippen LogP contribution in [0.25, 0.3) is 0 Å². The highest BCUT2D eigenvalue weighted by Gasteiger charge is 2.30. The lowest BCUT2D eigenvalue weighted by atomic mass is 10.1. The van der Waals surface area contributed by atoms with E-state index < -0.39 is 97.5 Å². The number of hydrogen-bond donors (Lipinski definition) is 3. The molecular formula is C85H150O17P2. The number of phosphoric ester groups is 2.